The quantitative estimate of drug-likeness (QED) is 0.720. The lowest BCUT2D eigenvalue weighted by Gasteiger charge is -2.23. The number of nitrogens with two attached hydrogens (primary N) is 1. The van der Waals surface area contributed by atoms with Gasteiger partial charge in [0.2, 0.25) is 0 Å². The van der Waals surface area contributed by atoms with Crippen LogP contribution in [0.3, 0.4) is 0 Å². The monoisotopic (exact) mass is 388 g/mol. The van der Waals surface area contributed by atoms with Crippen LogP contribution in [-0.2, 0) is 12.7 Å². The van der Waals surface area contributed by atoms with Crippen LogP contribution >= 0.6 is 0 Å². The molecule has 1 heterocycles. The molecule has 28 heavy (non-hydrogen) atoms. The fourth-order valence-corrected chi connectivity index (χ4v) is 2.89. The first-order chi connectivity index (χ1) is 13.2. The van der Waals surface area contributed by atoms with Crippen molar-refractivity contribution in [1.82, 2.24) is 4.98 Å². The number of anilines is 2. The number of aromatic nitrogens is 1. The molecule has 0 aliphatic rings. The van der Waals surface area contributed by atoms with Crippen LogP contribution in [0.5, 0.6) is 0 Å². The van der Waals surface area contributed by atoms with Gasteiger partial charge >= 0.3 is 12.2 Å². The predicted molar refractivity (Wildman–Crippen MR) is 103 cm³/mol. The molecule has 0 fully saturated rings. The van der Waals surface area contributed by atoms with Gasteiger partial charge in [-0.1, -0.05) is 24.3 Å². The number of halogens is 3. The van der Waals surface area contributed by atoms with Crippen LogP contribution < -0.4 is 15.5 Å². The number of carbonyl (C=O) groups is 1. The maximum Gasteiger partial charge on any atom is 0.416 e. The molecule has 146 valence electrons. The average molecular weight is 388 g/mol. The molecule has 0 saturated heterocycles. The van der Waals surface area contributed by atoms with E-state index < -0.39 is 17.8 Å². The minimum Gasteiger partial charge on any atom is -0.363 e. The zero-order valence-electron chi connectivity index (χ0n) is 15.4. The van der Waals surface area contributed by atoms with E-state index in [1.165, 1.54) is 17.0 Å². The van der Waals surface area contributed by atoms with Crippen molar-refractivity contribution in [1.29, 1.82) is 0 Å². The molecule has 0 atom stereocenters. The van der Waals surface area contributed by atoms with E-state index >= 15 is 0 Å². The van der Waals surface area contributed by atoms with E-state index in [0.717, 1.165) is 22.9 Å². The molecule has 2 N–H and O–H groups in total. The number of benzene rings is 2. The number of pyridine rings is 1. The Morgan fingerprint density at radius 1 is 1.11 bits per heavy atom. The molecule has 3 rings (SSSR count). The fraction of sp³-hybridized carbons (Fsp3) is 0.200. The van der Waals surface area contributed by atoms with Gasteiger partial charge in [-0.25, -0.2) is 9.78 Å². The van der Waals surface area contributed by atoms with Gasteiger partial charge < -0.3 is 10.6 Å². The summed E-state index contributed by atoms with van der Waals surface area (Å²) in [5, 5.41) is 1.59. The Hall–Kier alpha value is -3.29. The van der Waals surface area contributed by atoms with Crippen molar-refractivity contribution in [2.45, 2.75) is 12.7 Å². The molecule has 5 nitrogen and oxygen atoms in total. The van der Waals surface area contributed by atoms with Crippen LogP contribution in [0.25, 0.3) is 10.8 Å². The van der Waals surface area contributed by atoms with Gasteiger partial charge in [0.15, 0.2) is 0 Å². The van der Waals surface area contributed by atoms with Gasteiger partial charge in [-0.05, 0) is 29.8 Å². The Bertz CT molecular complexity index is 1000. The van der Waals surface area contributed by atoms with Crippen molar-refractivity contribution in [3.8, 4) is 0 Å². The highest BCUT2D eigenvalue weighted by Crippen LogP contribution is 2.31. The van der Waals surface area contributed by atoms with E-state index in [1.807, 2.05) is 31.1 Å². The molecule has 0 bridgehead atoms. The number of fused-ring (bicyclic) bond motifs is 1. The van der Waals surface area contributed by atoms with Gasteiger partial charge in [0.25, 0.3) is 0 Å². The summed E-state index contributed by atoms with van der Waals surface area (Å²) in [5.74, 6) is 0.707. The lowest BCUT2D eigenvalue weighted by Crippen LogP contribution is -2.35. The summed E-state index contributed by atoms with van der Waals surface area (Å²) in [6.45, 7) is 0.0478. The second-order valence-corrected chi connectivity index (χ2v) is 6.55. The number of carbonyl (C=O) groups excluding carboxylic acids is 1. The highest BCUT2D eigenvalue weighted by Gasteiger charge is 2.30. The number of alkyl halides is 3. The van der Waals surface area contributed by atoms with E-state index in [-0.39, 0.29) is 6.54 Å². The number of nitrogens with zero attached hydrogens (tertiary/aromatic N) is 3. The molecule has 1 aromatic heterocycles. The van der Waals surface area contributed by atoms with Crippen LogP contribution in [-0.4, -0.2) is 25.1 Å². The average Bonchev–Trinajstić information content (AvgIpc) is 2.64. The first-order valence-electron chi connectivity index (χ1n) is 8.46. The zero-order valence-corrected chi connectivity index (χ0v) is 15.4. The normalized spacial score (nSPS) is 11.5. The van der Waals surface area contributed by atoms with Gasteiger partial charge in [0.1, 0.15) is 5.82 Å². The molecule has 0 spiro atoms. The molecule has 8 heteroatoms. The third-order valence-corrected chi connectivity index (χ3v) is 4.36. The van der Waals surface area contributed by atoms with E-state index in [4.69, 9.17) is 5.73 Å². The first-order valence-corrected chi connectivity index (χ1v) is 8.46. The Kier molecular flexibility index (Phi) is 5.13. The van der Waals surface area contributed by atoms with Crippen molar-refractivity contribution < 1.29 is 18.0 Å². The first kappa shape index (κ1) is 19.5. The van der Waals surface area contributed by atoms with Gasteiger partial charge in [0.05, 0.1) is 17.8 Å². The number of hydrogen-bond donors (Lipinski definition) is 1. The standard InChI is InChI=1S/C20H19F3N4O/c1-26(2)18-10-16-14(11-25-18)4-3-5-17(16)27(19(24)28)12-13-6-8-15(9-7-13)20(21,22)23/h3-11H,12H2,1-2H3,(H2,24,28). The number of urea groups is 1. The second-order valence-electron chi connectivity index (χ2n) is 6.55. The molecule has 0 aliphatic carbocycles. The Morgan fingerprint density at radius 3 is 2.36 bits per heavy atom. The molecule has 0 radical (unpaired) electrons. The smallest absolute Gasteiger partial charge is 0.363 e. The largest absolute Gasteiger partial charge is 0.416 e. The van der Waals surface area contributed by atoms with Gasteiger partial charge in [-0.15, -0.1) is 0 Å². The lowest BCUT2D eigenvalue weighted by atomic mass is 10.1. The summed E-state index contributed by atoms with van der Waals surface area (Å²) >= 11 is 0. The third kappa shape index (κ3) is 4.00. The van der Waals surface area contributed by atoms with E-state index in [1.54, 1.807) is 18.3 Å². The van der Waals surface area contributed by atoms with Crippen molar-refractivity contribution in [3.63, 3.8) is 0 Å². The fourth-order valence-electron chi connectivity index (χ4n) is 2.89. The summed E-state index contributed by atoms with van der Waals surface area (Å²) in [6, 6.07) is 11.2. The molecular weight excluding hydrogens is 369 g/mol. The maximum atomic E-state index is 12.8. The summed E-state index contributed by atoms with van der Waals surface area (Å²) in [5.41, 5.74) is 5.94. The summed E-state index contributed by atoms with van der Waals surface area (Å²) in [4.78, 5) is 19.7. The van der Waals surface area contributed by atoms with E-state index in [9.17, 15) is 18.0 Å². The molecule has 3 aromatic rings. The molecule has 2 amide bonds. The van der Waals surface area contributed by atoms with Crippen LogP contribution in [0, 0.1) is 0 Å². The van der Waals surface area contributed by atoms with Crippen molar-refractivity contribution in [2.75, 3.05) is 23.9 Å². The Labute approximate surface area is 160 Å². The summed E-state index contributed by atoms with van der Waals surface area (Å²) in [6.07, 6.45) is -2.71. The molecular formula is C20H19F3N4O. The third-order valence-electron chi connectivity index (χ3n) is 4.36. The molecule has 0 aliphatic heterocycles. The molecule has 0 unspecified atom stereocenters. The van der Waals surface area contributed by atoms with Gasteiger partial charge in [-0.3, -0.25) is 4.90 Å². The predicted octanol–water partition coefficient (Wildman–Crippen LogP) is 4.40. The zero-order chi connectivity index (χ0) is 20.5. The summed E-state index contributed by atoms with van der Waals surface area (Å²) in [7, 11) is 3.70. The van der Waals surface area contributed by atoms with Crippen molar-refractivity contribution in [3.05, 3.63) is 65.9 Å². The minimum atomic E-state index is -4.41. The Morgan fingerprint density at radius 2 is 1.79 bits per heavy atom. The Balaban J connectivity index is 2.01. The van der Waals surface area contributed by atoms with E-state index in [2.05, 4.69) is 4.98 Å². The highest BCUT2D eigenvalue weighted by atomic mass is 19.4. The highest BCUT2D eigenvalue weighted by molar-refractivity contribution is 6.03. The number of hydrogen-bond acceptors (Lipinski definition) is 3. The maximum absolute atomic E-state index is 12.8. The van der Waals surface area contributed by atoms with Gasteiger partial charge in [0, 0.05) is 31.1 Å². The lowest BCUT2D eigenvalue weighted by molar-refractivity contribution is -0.137. The minimum absolute atomic E-state index is 0.0478. The van der Waals surface area contributed by atoms with Crippen LogP contribution in [0.15, 0.2) is 54.7 Å². The topological polar surface area (TPSA) is 62.5 Å². The second kappa shape index (κ2) is 7.38. The number of amides is 2. The van der Waals surface area contributed by atoms with E-state index in [0.29, 0.717) is 17.1 Å². The van der Waals surface area contributed by atoms with Crippen LogP contribution in [0.2, 0.25) is 0 Å². The molecule has 2 aromatic carbocycles. The molecule has 0 saturated carbocycles. The number of rotatable bonds is 4. The summed E-state index contributed by atoms with van der Waals surface area (Å²) < 4.78 is 38.3. The number of primary amides is 1. The van der Waals surface area contributed by atoms with Crippen molar-refractivity contribution >= 4 is 28.3 Å². The van der Waals surface area contributed by atoms with Crippen molar-refractivity contribution in [2.24, 2.45) is 5.73 Å². The van der Waals surface area contributed by atoms with Crippen LogP contribution in [0.1, 0.15) is 11.1 Å². The van der Waals surface area contributed by atoms with Crippen LogP contribution in [0.4, 0.5) is 29.5 Å². The SMILES string of the molecule is CN(C)c1cc2c(N(Cc3ccc(C(F)(F)F)cc3)C(N)=O)cccc2cn1. The van der Waals surface area contributed by atoms with Gasteiger partial charge in [-0.2, -0.15) is 13.2 Å².